The predicted octanol–water partition coefficient (Wildman–Crippen LogP) is 16.8. The first-order valence-electron chi connectivity index (χ1n) is 22.7. The Morgan fingerprint density at radius 2 is 0.781 bits per heavy atom. The lowest BCUT2D eigenvalue weighted by Gasteiger charge is -2.50. The summed E-state index contributed by atoms with van der Waals surface area (Å²) in [5, 5.41) is 4.13. The van der Waals surface area contributed by atoms with E-state index in [9.17, 15) is 26.3 Å². The first-order chi connectivity index (χ1) is 30.5. The van der Waals surface area contributed by atoms with Crippen LogP contribution < -0.4 is 9.80 Å². The lowest BCUT2D eigenvalue weighted by molar-refractivity contribution is -0.138. The van der Waals surface area contributed by atoms with E-state index in [1.807, 2.05) is 36.4 Å². The average Bonchev–Trinajstić information content (AvgIpc) is 3.62. The smallest absolute Gasteiger partial charge is 0.334 e. The van der Waals surface area contributed by atoms with E-state index >= 15 is 0 Å². The van der Waals surface area contributed by atoms with Crippen LogP contribution in [0.25, 0.3) is 43.8 Å². The lowest BCUT2D eigenvalue weighted by atomic mass is 9.61. The molecule has 7 aromatic rings. The largest absolute Gasteiger partial charge is 0.416 e. The van der Waals surface area contributed by atoms with Crippen LogP contribution in [0.15, 0.2) is 133 Å². The number of hydrogen-bond acceptors (Lipinski definition) is 2. The van der Waals surface area contributed by atoms with E-state index < -0.39 is 45.4 Å². The van der Waals surface area contributed by atoms with Crippen LogP contribution >= 0.6 is 0 Å². The van der Waals surface area contributed by atoms with Gasteiger partial charge in [-0.3, -0.25) is 0 Å². The van der Waals surface area contributed by atoms with E-state index in [1.54, 1.807) is 12.1 Å². The fourth-order valence-electron chi connectivity index (χ4n) is 12.9. The van der Waals surface area contributed by atoms with E-state index in [-0.39, 0.29) is 0 Å². The van der Waals surface area contributed by atoms with Crippen molar-refractivity contribution in [2.45, 2.75) is 113 Å². The summed E-state index contributed by atoms with van der Waals surface area (Å²) in [6, 6.07) is 42.5. The number of nitrogens with zero attached hydrogens (tertiary/aromatic N) is 2. The first kappa shape index (κ1) is 41.0. The van der Waals surface area contributed by atoms with E-state index in [0.717, 1.165) is 129 Å². The van der Waals surface area contributed by atoms with Gasteiger partial charge in [0.25, 0.3) is 0 Å². The molecule has 0 saturated heterocycles. The number of hydrogen-bond donors (Lipinski definition) is 0. The number of rotatable bonds is 4. The molecular formula is C56H50F6N2. The van der Waals surface area contributed by atoms with Crippen molar-refractivity contribution in [2.75, 3.05) is 9.80 Å². The highest BCUT2D eigenvalue weighted by Crippen LogP contribution is 2.64. The molecule has 0 radical (unpaired) electrons. The fourth-order valence-corrected chi connectivity index (χ4v) is 12.9. The van der Waals surface area contributed by atoms with Gasteiger partial charge in [-0.25, -0.2) is 0 Å². The van der Waals surface area contributed by atoms with E-state index in [0.29, 0.717) is 0 Å². The zero-order chi connectivity index (χ0) is 44.6. The van der Waals surface area contributed by atoms with Crippen LogP contribution in [0, 0.1) is 0 Å². The molecule has 0 spiro atoms. The molecule has 0 N–H and O–H groups in total. The normalized spacial score (nSPS) is 25.3. The molecule has 64 heavy (non-hydrogen) atoms. The topological polar surface area (TPSA) is 6.48 Å². The van der Waals surface area contributed by atoms with Crippen LogP contribution in [0.5, 0.6) is 0 Å². The highest BCUT2D eigenvalue weighted by atomic mass is 19.4. The molecule has 2 nitrogen and oxygen atoms in total. The zero-order valence-electron chi connectivity index (χ0n) is 36.5. The molecule has 2 aliphatic heterocycles. The molecule has 11 rings (SSSR count). The number of benzene rings is 7. The Morgan fingerprint density at radius 3 is 1.16 bits per heavy atom. The van der Waals surface area contributed by atoms with Crippen molar-refractivity contribution in [3.05, 3.63) is 156 Å². The third kappa shape index (κ3) is 5.65. The maximum atomic E-state index is 14.3. The molecule has 0 bridgehead atoms. The molecule has 2 aliphatic carbocycles. The van der Waals surface area contributed by atoms with Gasteiger partial charge in [-0.05, 0) is 155 Å². The van der Waals surface area contributed by atoms with Crippen LogP contribution in [0.2, 0.25) is 0 Å². The molecule has 326 valence electrons. The molecule has 4 atom stereocenters. The van der Waals surface area contributed by atoms with Gasteiger partial charge in [-0.15, -0.1) is 0 Å². The molecule has 0 aromatic heterocycles. The summed E-state index contributed by atoms with van der Waals surface area (Å²) in [7, 11) is 0. The van der Waals surface area contributed by atoms with Crippen molar-refractivity contribution in [3.8, 4) is 22.3 Å². The van der Waals surface area contributed by atoms with Crippen LogP contribution in [0.3, 0.4) is 0 Å². The molecule has 0 amide bonds. The molecule has 7 aromatic carbocycles. The molecular weight excluding hydrogens is 815 g/mol. The van der Waals surface area contributed by atoms with E-state index in [1.165, 1.54) is 24.3 Å². The Hall–Kier alpha value is -5.76. The molecule has 8 heteroatoms. The van der Waals surface area contributed by atoms with Crippen LogP contribution in [-0.2, 0) is 23.2 Å². The van der Waals surface area contributed by atoms with Crippen molar-refractivity contribution in [1.82, 2.24) is 0 Å². The van der Waals surface area contributed by atoms with Crippen molar-refractivity contribution >= 4 is 44.3 Å². The monoisotopic (exact) mass is 864 g/mol. The van der Waals surface area contributed by atoms with Gasteiger partial charge in [-0.1, -0.05) is 112 Å². The fraction of sp³-hybridized carbons (Fsp3) is 0.321. The highest BCUT2D eigenvalue weighted by molar-refractivity contribution is 6.22. The highest BCUT2D eigenvalue weighted by Gasteiger charge is 2.59. The summed E-state index contributed by atoms with van der Waals surface area (Å²) >= 11 is 0. The zero-order valence-corrected chi connectivity index (χ0v) is 36.5. The van der Waals surface area contributed by atoms with Gasteiger partial charge in [0.15, 0.2) is 0 Å². The Balaban J connectivity index is 1.18. The number of alkyl halides is 6. The predicted molar refractivity (Wildman–Crippen MR) is 248 cm³/mol. The van der Waals surface area contributed by atoms with E-state index in [2.05, 4.69) is 98.2 Å². The third-order valence-electron chi connectivity index (χ3n) is 16.6. The second-order valence-corrected chi connectivity index (χ2v) is 19.7. The van der Waals surface area contributed by atoms with Crippen LogP contribution in [0.1, 0.15) is 101 Å². The second-order valence-electron chi connectivity index (χ2n) is 19.7. The van der Waals surface area contributed by atoms with Crippen molar-refractivity contribution in [1.29, 1.82) is 0 Å². The Kier molecular flexibility index (Phi) is 8.88. The van der Waals surface area contributed by atoms with Gasteiger partial charge in [-0.2, -0.15) is 26.3 Å². The maximum absolute atomic E-state index is 14.3. The first-order valence-corrected chi connectivity index (χ1v) is 22.7. The molecule has 4 aliphatic rings. The molecule has 4 unspecified atom stereocenters. The van der Waals surface area contributed by atoms with Crippen LogP contribution in [0.4, 0.5) is 49.1 Å². The van der Waals surface area contributed by atoms with Gasteiger partial charge >= 0.3 is 12.4 Å². The molecule has 2 fully saturated rings. The van der Waals surface area contributed by atoms with Gasteiger partial charge in [0.05, 0.1) is 22.2 Å². The Morgan fingerprint density at radius 1 is 0.406 bits per heavy atom. The minimum absolute atomic E-state index is 0.469. The average molecular weight is 865 g/mol. The molecule has 2 heterocycles. The van der Waals surface area contributed by atoms with Crippen molar-refractivity contribution in [2.24, 2.45) is 0 Å². The van der Waals surface area contributed by atoms with Crippen molar-refractivity contribution in [3.63, 3.8) is 0 Å². The third-order valence-corrected chi connectivity index (χ3v) is 16.6. The summed E-state index contributed by atoms with van der Waals surface area (Å²) in [5.74, 6) is 0. The number of halogens is 6. The minimum Gasteiger partial charge on any atom is -0.334 e. The summed E-state index contributed by atoms with van der Waals surface area (Å²) < 4.78 is 85.8. The minimum atomic E-state index is -4.45. The Bertz CT molecular complexity index is 2810. The molecule has 2 saturated carbocycles. The van der Waals surface area contributed by atoms with Gasteiger partial charge in [0.1, 0.15) is 0 Å². The van der Waals surface area contributed by atoms with Gasteiger partial charge in [0.2, 0.25) is 0 Å². The second kappa shape index (κ2) is 13.9. The maximum Gasteiger partial charge on any atom is 0.416 e. The van der Waals surface area contributed by atoms with Crippen LogP contribution in [-0.4, -0.2) is 11.1 Å². The quantitative estimate of drug-likeness (QED) is 0.128. The van der Waals surface area contributed by atoms with Crippen molar-refractivity contribution < 1.29 is 26.3 Å². The van der Waals surface area contributed by atoms with Gasteiger partial charge in [0, 0.05) is 33.6 Å². The SMILES string of the molecule is CC12CCCCC1(C)N(c1ccc3c(-c4ccccc4)c4cc(N5c6ccc(C(F)(F)F)cc6C6(C)CCCCC56C)ccc4c(-c4ccccc4)c3c1)c1ccc(C(F)(F)F)cc12. The number of anilines is 4. The summed E-state index contributed by atoms with van der Waals surface area (Å²) in [6.45, 7) is 8.78. The summed E-state index contributed by atoms with van der Waals surface area (Å²) in [5.41, 5.74) is 6.03. The summed E-state index contributed by atoms with van der Waals surface area (Å²) in [6.07, 6.45) is -1.74. The lowest BCUT2D eigenvalue weighted by Crippen LogP contribution is -2.54. The number of fused-ring (bicyclic) bond motifs is 8. The van der Waals surface area contributed by atoms with E-state index in [4.69, 9.17) is 0 Å². The summed E-state index contributed by atoms with van der Waals surface area (Å²) in [4.78, 5) is 4.67. The Labute approximate surface area is 370 Å². The van der Waals surface area contributed by atoms with Gasteiger partial charge < -0.3 is 9.80 Å². The standard InChI is InChI=1S/C56H50F6N2/c1-51-27-11-13-29-53(51,3)63(47-25-19-37(31-45(47)51)55(57,58)59)39-21-23-41-43(33-39)49(35-15-7-5-8-16-35)42-24-22-40(34-44(42)50(41)36-17-9-6-10-18-36)64-48-26-20-38(56(60,61)62)32-46(48)52(2)28-12-14-30-54(52,64)4/h5-10,15-26,31-34H,11-14,27-30H2,1-4H3.